The van der Waals surface area contributed by atoms with Gasteiger partial charge < -0.3 is 10.2 Å². The number of nitrogens with zero attached hydrogens (tertiary/aromatic N) is 2. The molecule has 2 aromatic carbocycles. The molecular formula is C19H17N3O4. The standard InChI is InChI=1S/C19H17N3O4/c1-13(23)21-10-9-14-5-2-3-8-17(14)18(21)12-19(24)20-15-6-4-7-16(11-15)22(25)26/h2-11,18H,12H2,1H3,(H,20,24)/t18-/m0/s1. The molecule has 2 amide bonds. The molecule has 7 heteroatoms. The first-order chi connectivity index (χ1) is 12.5. The molecule has 0 bridgehead atoms. The lowest BCUT2D eigenvalue weighted by Gasteiger charge is -2.32. The highest BCUT2D eigenvalue weighted by Gasteiger charge is 2.28. The minimum absolute atomic E-state index is 0.0453. The van der Waals surface area contributed by atoms with Crippen LogP contribution in [0.3, 0.4) is 0 Å². The summed E-state index contributed by atoms with van der Waals surface area (Å²) < 4.78 is 0. The lowest BCUT2D eigenvalue weighted by molar-refractivity contribution is -0.384. The van der Waals surface area contributed by atoms with Gasteiger partial charge in [0.2, 0.25) is 11.8 Å². The van der Waals surface area contributed by atoms with Crippen molar-refractivity contribution in [1.82, 2.24) is 4.90 Å². The van der Waals surface area contributed by atoms with E-state index in [0.29, 0.717) is 5.69 Å². The molecule has 1 aliphatic rings. The number of hydrogen-bond donors (Lipinski definition) is 1. The molecule has 1 atom stereocenters. The van der Waals surface area contributed by atoms with Crippen LogP contribution in [0.25, 0.3) is 6.08 Å². The topological polar surface area (TPSA) is 92.6 Å². The second-order valence-electron chi connectivity index (χ2n) is 5.95. The Balaban J connectivity index is 1.80. The first-order valence-corrected chi connectivity index (χ1v) is 8.06. The molecule has 0 spiro atoms. The van der Waals surface area contributed by atoms with E-state index in [2.05, 4.69) is 5.32 Å². The van der Waals surface area contributed by atoms with Crippen molar-refractivity contribution in [2.45, 2.75) is 19.4 Å². The number of nitrogens with one attached hydrogen (secondary N) is 1. The third kappa shape index (κ3) is 3.61. The van der Waals surface area contributed by atoms with Crippen LogP contribution in [0.4, 0.5) is 11.4 Å². The molecule has 3 rings (SSSR count). The summed E-state index contributed by atoms with van der Waals surface area (Å²) in [6, 6.07) is 12.9. The highest BCUT2D eigenvalue weighted by Crippen LogP contribution is 2.33. The van der Waals surface area contributed by atoms with Crippen LogP contribution >= 0.6 is 0 Å². The van der Waals surface area contributed by atoms with Crippen molar-refractivity contribution >= 4 is 29.3 Å². The molecule has 0 fully saturated rings. The first kappa shape index (κ1) is 17.3. The number of nitro groups is 1. The van der Waals surface area contributed by atoms with Crippen molar-refractivity contribution in [3.63, 3.8) is 0 Å². The number of hydrogen-bond acceptors (Lipinski definition) is 4. The van der Waals surface area contributed by atoms with Gasteiger partial charge in [0.05, 0.1) is 17.4 Å². The summed E-state index contributed by atoms with van der Waals surface area (Å²) in [6.07, 6.45) is 3.56. The van der Waals surface area contributed by atoms with Gasteiger partial charge in [0, 0.05) is 30.9 Å². The number of benzene rings is 2. The number of carbonyl (C=O) groups is 2. The van der Waals surface area contributed by atoms with Crippen molar-refractivity contribution in [2.24, 2.45) is 0 Å². The number of anilines is 1. The molecule has 132 valence electrons. The van der Waals surface area contributed by atoms with Gasteiger partial charge >= 0.3 is 0 Å². The molecule has 0 saturated heterocycles. The third-order valence-electron chi connectivity index (χ3n) is 4.19. The Morgan fingerprint density at radius 3 is 2.69 bits per heavy atom. The van der Waals surface area contributed by atoms with E-state index in [1.807, 2.05) is 30.3 Å². The summed E-state index contributed by atoms with van der Waals surface area (Å²) in [5, 5.41) is 13.5. The largest absolute Gasteiger partial charge is 0.326 e. The Morgan fingerprint density at radius 2 is 1.96 bits per heavy atom. The van der Waals surface area contributed by atoms with E-state index in [4.69, 9.17) is 0 Å². The van der Waals surface area contributed by atoms with Crippen LogP contribution < -0.4 is 5.32 Å². The lowest BCUT2D eigenvalue weighted by atomic mass is 9.93. The molecule has 0 radical (unpaired) electrons. The van der Waals surface area contributed by atoms with Gasteiger partial charge in [-0.2, -0.15) is 0 Å². The molecule has 7 nitrogen and oxygen atoms in total. The number of nitro benzene ring substituents is 1. The zero-order valence-corrected chi connectivity index (χ0v) is 14.1. The number of carbonyl (C=O) groups excluding carboxylic acids is 2. The fraction of sp³-hybridized carbons (Fsp3) is 0.158. The maximum absolute atomic E-state index is 12.5. The quantitative estimate of drug-likeness (QED) is 0.674. The van der Waals surface area contributed by atoms with E-state index in [-0.39, 0.29) is 23.9 Å². The maximum atomic E-state index is 12.5. The van der Waals surface area contributed by atoms with Gasteiger partial charge in [-0.3, -0.25) is 19.7 Å². The highest BCUT2D eigenvalue weighted by atomic mass is 16.6. The second-order valence-corrected chi connectivity index (χ2v) is 5.95. The second kappa shape index (κ2) is 7.18. The van der Waals surface area contributed by atoms with Gasteiger partial charge in [-0.25, -0.2) is 0 Å². The predicted octanol–water partition coefficient (Wildman–Crippen LogP) is 3.50. The molecule has 1 N–H and O–H groups in total. The molecule has 1 aliphatic heterocycles. The van der Waals surface area contributed by atoms with Crippen molar-refractivity contribution in [2.75, 3.05) is 5.32 Å². The fourth-order valence-electron chi connectivity index (χ4n) is 3.00. The van der Waals surface area contributed by atoms with E-state index < -0.39 is 11.0 Å². The van der Waals surface area contributed by atoms with E-state index in [9.17, 15) is 19.7 Å². The average molecular weight is 351 g/mol. The molecule has 1 heterocycles. The molecule has 0 unspecified atom stereocenters. The SMILES string of the molecule is CC(=O)N1C=Cc2ccccc2[C@@H]1CC(=O)Nc1cccc([N+](=O)[O-])c1. The number of amides is 2. The fourth-order valence-corrected chi connectivity index (χ4v) is 3.00. The van der Waals surface area contributed by atoms with Gasteiger partial charge in [-0.1, -0.05) is 30.3 Å². The van der Waals surface area contributed by atoms with Crippen LogP contribution in [-0.4, -0.2) is 21.6 Å². The summed E-state index contributed by atoms with van der Waals surface area (Å²) >= 11 is 0. The van der Waals surface area contributed by atoms with Crippen LogP contribution in [-0.2, 0) is 9.59 Å². The zero-order chi connectivity index (χ0) is 18.7. The minimum atomic E-state index is -0.519. The minimum Gasteiger partial charge on any atom is -0.326 e. The van der Waals surface area contributed by atoms with E-state index >= 15 is 0 Å². The Labute approximate surface area is 150 Å². The number of rotatable bonds is 4. The van der Waals surface area contributed by atoms with Gasteiger partial charge in [-0.15, -0.1) is 0 Å². The van der Waals surface area contributed by atoms with Crippen LogP contribution in [0.2, 0.25) is 0 Å². The van der Waals surface area contributed by atoms with E-state index in [0.717, 1.165) is 11.1 Å². The van der Waals surface area contributed by atoms with Gasteiger partial charge in [0.25, 0.3) is 5.69 Å². The molecule has 0 aliphatic carbocycles. The Bertz CT molecular complexity index is 907. The van der Waals surface area contributed by atoms with Crippen LogP contribution in [0.5, 0.6) is 0 Å². The van der Waals surface area contributed by atoms with E-state index in [1.165, 1.54) is 30.0 Å². The highest BCUT2D eigenvalue weighted by molar-refractivity contribution is 5.92. The van der Waals surface area contributed by atoms with Gasteiger partial charge in [-0.05, 0) is 23.3 Å². The summed E-state index contributed by atoms with van der Waals surface area (Å²) in [4.78, 5) is 36.3. The summed E-state index contributed by atoms with van der Waals surface area (Å²) in [5.41, 5.74) is 2.09. The maximum Gasteiger partial charge on any atom is 0.271 e. The Kier molecular flexibility index (Phi) is 4.79. The molecule has 0 aromatic heterocycles. The Hall–Kier alpha value is -3.48. The van der Waals surface area contributed by atoms with Crippen molar-refractivity contribution in [3.05, 3.63) is 76.0 Å². The number of fused-ring (bicyclic) bond motifs is 1. The van der Waals surface area contributed by atoms with Crippen molar-refractivity contribution in [1.29, 1.82) is 0 Å². The number of non-ortho nitro benzene ring substituents is 1. The normalized spacial score (nSPS) is 15.3. The smallest absolute Gasteiger partial charge is 0.271 e. The summed E-state index contributed by atoms with van der Waals surface area (Å²) in [6.45, 7) is 1.45. The van der Waals surface area contributed by atoms with Crippen molar-refractivity contribution in [3.8, 4) is 0 Å². The lowest BCUT2D eigenvalue weighted by Crippen LogP contribution is -2.33. The molecule has 2 aromatic rings. The summed E-state index contributed by atoms with van der Waals surface area (Å²) in [5.74, 6) is -0.490. The van der Waals surface area contributed by atoms with Gasteiger partial charge in [0.1, 0.15) is 0 Å². The zero-order valence-electron chi connectivity index (χ0n) is 14.1. The van der Waals surface area contributed by atoms with E-state index in [1.54, 1.807) is 12.3 Å². The first-order valence-electron chi connectivity index (χ1n) is 8.06. The van der Waals surface area contributed by atoms with Crippen molar-refractivity contribution < 1.29 is 14.5 Å². The van der Waals surface area contributed by atoms with Crippen LogP contribution in [0, 0.1) is 10.1 Å². The average Bonchev–Trinajstić information content (AvgIpc) is 2.61. The molecule has 26 heavy (non-hydrogen) atoms. The predicted molar refractivity (Wildman–Crippen MR) is 97.1 cm³/mol. The third-order valence-corrected chi connectivity index (χ3v) is 4.19. The molecular weight excluding hydrogens is 334 g/mol. The molecule has 0 saturated carbocycles. The summed E-state index contributed by atoms with van der Waals surface area (Å²) in [7, 11) is 0. The monoisotopic (exact) mass is 351 g/mol. The van der Waals surface area contributed by atoms with Gasteiger partial charge in [0.15, 0.2) is 0 Å². The Morgan fingerprint density at radius 1 is 1.19 bits per heavy atom. The van der Waals surface area contributed by atoms with Crippen LogP contribution in [0.1, 0.15) is 30.5 Å². The van der Waals surface area contributed by atoms with Crippen LogP contribution in [0.15, 0.2) is 54.7 Å².